The predicted molar refractivity (Wildman–Crippen MR) is 88.0 cm³/mol. The van der Waals surface area contributed by atoms with Crippen molar-refractivity contribution in [1.29, 1.82) is 0 Å². The minimum atomic E-state index is -1.03. The number of carbonyl (C=O) groups excluding carboxylic acids is 2. The number of hydrogen-bond donors (Lipinski definition) is 1. The standard InChI is InChI=1S/C13H12BrN3O5S/c1-20-16-10(9(18)7-14)12(19)22-17-13(23)21-11(15-17)8-5-3-2-4-6-8/h2-6,13,23H,7H2,1H3/b16-10-. The van der Waals surface area contributed by atoms with Crippen LogP contribution < -0.4 is 0 Å². The number of hydrogen-bond acceptors (Lipinski definition) is 9. The molecule has 0 aromatic heterocycles. The smallest absolute Gasteiger partial charge is 0.390 e. The van der Waals surface area contributed by atoms with Gasteiger partial charge in [-0.1, -0.05) is 49.6 Å². The number of ether oxygens (including phenoxy) is 1. The molecule has 0 spiro atoms. The van der Waals surface area contributed by atoms with Gasteiger partial charge in [0.05, 0.1) is 5.33 Å². The minimum Gasteiger partial charge on any atom is -0.438 e. The van der Waals surface area contributed by atoms with Gasteiger partial charge in [-0.15, -0.1) is 12.6 Å². The maximum absolute atomic E-state index is 12.0. The van der Waals surface area contributed by atoms with Crippen molar-refractivity contribution in [3.8, 4) is 0 Å². The molecule has 0 fully saturated rings. The summed E-state index contributed by atoms with van der Waals surface area (Å²) in [5.74, 6) is -1.40. The molecule has 1 unspecified atom stereocenters. The molecule has 0 aliphatic carbocycles. The van der Waals surface area contributed by atoms with Gasteiger partial charge in [-0.05, 0) is 12.1 Å². The summed E-state index contributed by atoms with van der Waals surface area (Å²) in [5, 5.41) is 8.08. The van der Waals surface area contributed by atoms with Crippen molar-refractivity contribution < 1.29 is 24.0 Å². The van der Waals surface area contributed by atoms with Crippen molar-refractivity contribution in [3.05, 3.63) is 35.9 Å². The lowest BCUT2D eigenvalue weighted by Gasteiger charge is -2.15. The van der Waals surface area contributed by atoms with Crippen LogP contribution in [0.2, 0.25) is 0 Å². The van der Waals surface area contributed by atoms with E-state index in [0.717, 1.165) is 5.17 Å². The molecule has 1 aliphatic heterocycles. The summed E-state index contributed by atoms with van der Waals surface area (Å²) in [4.78, 5) is 33.1. The molecule has 122 valence electrons. The normalized spacial score (nSPS) is 17.3. The first kappa shape index (κ1) is 17.3. The Labute approximate surface area is 145 Å². The molecule has 2 rings (SSSR count). The van der Waals surface area contributed by atoms with E-state index in [9.17, 15) is 9.59 Å². The highest BCUT2D eigenvalue weighted by molar-refractivity contribution is 9.09. The van der Waals surface area contributed by atoms with Crippen LogP contribution in [0, 0.1) is 0 Å². The Bertz CT molecular complexity index is 652. The third-order valence-electron chi connectivity index (χ3n) is 2.55. The first-order valence-corrected chi connectivity index (χ1v) is 7.91. The highest BCUT2D eigenvalue weighted by atomic mass is 79.9. The summed E-state index contributed by atoms with van der Waals surface area (Å²) < 4.78 is 5.38. The number of Topliss-reactive ketones (excluding diaryl/α,β-unsaturated/α-hetero) is 1. The molecule has 0 saturated carbocycles. The van der Waals surface area contributed by atoms with Crippen LogP contribution >= 0.6 is 28.6 Å². The summed E-state index contributed by atoms with van der Waals surface area (Å²) in [6.07, 6.45) is 0. The number of carbonyl (C=O) groups is 2. The molecule has 1 aliphatic rings. The van der Waals surface area contributed by atoms with Crippen LogP contribution in [0.3, 0.4) is 0 Å². The van der Waals surface area contributed by atoms with Crippen LogP contribution in [0.5, 0.6) is 0 Å². The van der Waals surface area contributed by atoms with Gasteiger partial charge in [0.25, 0.3) is 5.56 Å². The van der Waals surface area contributed by atoms with Gasteiger partial charge in [0.2, 0.25) is 17.4 Å². The van der Waals surface area contributed by atoms with Gasteiger partial charge >= 0.3 is 5.97 Å². The average Bonchev–Trinajstić information content (AvgIpc) is 2.93. The zero-order valence-corrected chi connectivity index (χ0v) is 14.4. The van der Waals surface area contributed by atoms with Gasteiger partial charge in [-0.3, -0.25) is 4.79 Å². The summed E-state index contributed by atoms with van der Waals surface area (Å²) in [6.45, 7) is 0. The number of thiol groups is 1. The lowest BCUT2D eigenvalue weighted by atomic mass is 10.2. The van der Waals surface area contributed by atoms with Gasteiger partial charge in [0.15, 0.2) is 0 Å². The van der Waals surface area contributed by atoms with Crippen molar-refractivity contribution in [2.45, 2.75) is 5.56 Å². The Morgan fingerprint density at radius 2 is 2.13 bits per heavy atom. The maximum Gasteiger partial charge on any atom is 0.390 e. The fourth-order valence-corrected chi connectivity index (χ4v) is 2.03. The topological polar surface area (TPSA) is 89.8 Å². The Morgan fingerprint density at radius 3 is 2.74 bits per heavy atom. The Balaban J connectivity index is 2.13. The molecule has 8 nitrogen and oxygen atoms in total. The number of halogens is 1. The number of rotatable bonds is 6. The number of oxime groups is 1. The fraction of sp³-hybridized carbons (Fsp3) is 0.231. The molecule has 1 heterocycles. The van der Waals surface area contributed by atoms with E-state index in [-0.39, 0.29) is 11.2 Å². The maximum atomic E-state index is 12.0. The quantitative estimate of drug-likeness (QED) is 0.254. The first-order chi connectivity index (χ1) is 11.1. The zero-order chi connectivity index (χ0) is 16.8. The SMILES string of the molecule is CO/N=C(/C(=O)CBr)C(=O)ON1N=C(c2ccccc2)OC1S. The second-order valence-corrected chi connectivity index (χ2v) is 5.08. The average molecular weight is 402 g/mol. The lowest BCUT2D eigenvalue weighted by Crippen LogP contribution is -2.34. The minimum absolute atomic E-state index is 0.108. The molecule has 0 radical (unpaired) electrons. The van der Waals surface area contributed by atoms with Gasteiger partial charge < -0.3 is 14.4 Å². The van der Waals surface area contributed by atoms with Gasteiger partial charge in [0.1, 0.15) is 7.11 Å². The second kappa shape index (κ2) is 7.97. The van der Waals surface area contributed by atoms with Crippen LogP contribution in [-0.4, -0.2) is 46.5 Å². The molecule has 10 heteroatoms. The number of alkyl halides is 1. The Kier molecular flexibility index (Phi) is 5.99. The molecule has 1 atom stereocenters. The molecule has 23 heavy (non-hydrogen) atoms. The van der Waals surface area contributed by atoms with Gasteiger partial charge in [0, 0.05) is 5.56 Å². The molecular formula is C13H12BrN3O5S. The third kappa shape index (κ3) is 4.23. The highest BCUT2D eigenvalue weighted by Gasteiger charge is 2.32. The molecular weight excluding hydrogens is 390 g/mol. The summed E-state index contributed by atoms with van der Waals surface area (Å²) in [7, 11) is 1.21. The first-order valence-electron chi connectivity index (χ1n) is 6.27. The zero-order valence-electron chi connectivity index (χ0n) is 11.9. The highest BCUT2D eigenvalue weighted by Crippen LogP contribution is 2.20. The van der Waals surface area contributed by atoms with E-state index in [0.29, 0.717) is 5.56 Å². The molecule has 0 bridgehead atoms. The third-order valence-corrected chi connectivity index (χ3v) is 3.37. The van der Waals surface area contributed by atoms with Gasteiger partial charge in [-0.25, -0.2) is 4.79 Å². The van der Waals surface area contributed by atoms with Gasteiger partial charge in [-0.2, -0.15) is 0 Å². The van der Waals surface area contributed by atoms with Crippen molar-refractivity contribution in [2.24, 2.45) is 10.3 Å². The summed E-state index contributed by atoms with van der Waals surface area (Å²) in [6, 6.07) is 9.00. The molecule has 0 amide bonds. The summed E-state index contributed by atoms with van der Waals surface area (Å²) >= 11 is 7.06. The summed E-state index contributed by atoms with van der Waals surface area (Å²) in [5.41, 5.74) is -0.766. The monoisotopic (exact) mass is 401 g/mol. The largest absolute Gasteiger partial charge is 0.438 e. The second-order valence-electron chi connectivity index (χ2n) is 4.08. The number of nitrogens with zero attached hydrogens (tertiary/aromatic N) is 3. The van der Waals surface area contributed by atoms with Crippen LogP contribution in [-0.2, 0) is 24.0 Å². The number of hydroxylamine groups is 1. The predicted octanol–water partition coefficient (Wildman–Crippen LogP) is 1.32. The van der Waals surface area contributed by atoms with Crippen LogP contribution in [0.25, 0.3) is 0 Å². The number of benzene rings is 1. The van der Waals surface area contributed by atoms with Crippen LogP contribution in [0.4, 0.5) is 0 Å². The van der Waals surface area contributed by atoms with Crippen LogP contribution in [0.1, 0.15) is 5.56 Å². The van der Waals surface area contributed by atoms with E-state index in [1.807, 2.05) is 6.07 Å². The van der Waals surface area contributed by atoms with E-state index in [4.69, 9.17) is 9.57 Å². The molecule has 1 aromatic carbocycles. The lowest BCUT2D eigenvalue weighted by molar-refractivity contribution is -0.194. The van der Waals surface area contributed by atoms with Crippen molar-refractivity contribution >= 4 is 51.9 Å². The van der Waals surface area contributed by atoms with Crippen molar-refractivity contribution in [1.82, 2.24) is 5.17 Å². The number of hydrazone groups is 1. The molecule has 1 aromatic rings. The van der Waals surface area contributed by atoms with E-state index >= 15 is 0 Å². The number of ketones is 1. The van der Waals surface area contributed by atoms with Crippen molar-refractivity contribution in [3.63, 3.8) is 0 Å². The van der Waals surface area contributed by atoms with E-state index in [1.54, 1.807) is 24.3 Å². The van der Waals surface area contributed by atoms with Crippen molar-refractivity contribution in [2.75, 3.05) is 12.4 Å². The fourth-order valence-electron chi connectivity index (χ4n) is 1.56. The Hall–Kier alpha value is -2.07. The van der Waals surface area contributed by atoms with E-state index < -0.39 is 23.0 Å². The van der Waals surface area contributed by atoms with Crippen LogP contribution in [0.15, 0.2) is 40.6 Å². The molecule has 0 saturated heterocycles. The van der Waals surface area contributed by atoms with E-state index in [2.05, 4.69) is 43.7 Å². The Morgan fingerprint density at radius 1 is 1.43 bits per heavy atom. The molecule has 0 N–H and O–H groups in total. The van der Waals surface area contributed by atoms with E-state index in [1.165, 1.54) is 7.11 Å².